The maximum Gasteiger partial charge on any atom is 0.270 e. The number of benzene rings is 2. The minimum absolute atomic E-state index is 0.187. The fourth-order valence-corrected chi connectivity index (χ4v) is 4.32. The summed E-state index contributed by atoms with van der Waals surface area (Å²) in [4.78, 5) is 14.8. The van der Waals surface area contributed by atoms with Crippen LogP contribution in [0.4, 0.5) is 5.69 Å². The first-order valence-electron chi connectivity index (χ1n) is 8.19. The van der Waals surface area contributed by atoms with Crippen LogP contribution < -0.4 is 4.90 Å². The van der Waals surface area contributed by atoms with Crippen LogP contribution in [0.3, 0.4) is 0 Å². The standard InChI is InChI=1S/C21H11BrN2O2S2/c22-14-5-7-15(8-6-14)24-20(25)19(28-21(24)27)11-16-9-10-18(26-16)17-4-2-1-3-13(17)12-23/h1-11H/b19-11+. The Balaban J connectivity index is 1.63. The molecule has 1 fully saturated rings. The largest absolute Gasteiger partial charge is 0.457 e. The summed E-state index contributed by atoms with van der Waals surface area (Å²) < 4.78 is 7.25. The van der Waals surface area contributed by atoms with Crippen LogP contribution in [-0.4, -0.2) is 10.2 Å². The van der Waals surface area contributed by atoms with Gasteiger partial charge in [0.2, 0.25) is 0 Å². The molecule has 4 nitrogen and oxygen atoms in total. The van der Waals surface area contributed by atoms with E-state index in [-0.39, 0.29) is 5.91 Å². The maximum absolute atomic E-state index is 12.8. The average molecular weight is 467 g/mol. The molecule has 0 N–H and O–H groups in total. The van der Waals surface area contributed by atoms with Gasteiger partial charge in [0.25, 0.3) is 5.91 Å². The maximum atomic E-state index is 12.8. The van der Waals surface area contributed by atoms with Crippen LogP contribution in [0.2, 0.25) is 0 Å². The van der Waals surface area contributed by atoms with Gasteiger partial charge in [0, 0.05) is 16.1 Å². The number of furan rings is 1. The molecule has 0 atom stereocenters. The molecule has 1 aromatic heterocycles. The van der Waals surface area contributed by atoms with Crippen molar-refractivity contribution in [2.24, 2.45) is 0 Å². The van der Waals surface area contributed by atoms with Gasteiger partial charge in [-0.05, 0) is 48.5 Å². The smallest absolute Gasteiger partial charge is 0.270 e. The second kappa shape index (κ2) is 7.76. The monoisotopic (exact) mass is 466 g/mol. The predicted molar refractivity (Wildman–Crippen MR) is 119 cm³/mol. The van der Waals surface area contributed by atoms with Crippen LogP contribution in [0.5, 0.6) is 0 Å². The summed E-state index contributed by atoms with van der Waals surface area (Å²) in [6.45, 7) is 0. The first kappa shape index (κ1) is 18.7. The minimum Gasteiger partial charge on any atom is -0.457 e. The van der Waals surface area contributed by atoms with Crippen LogP contribution in [0.1, 0.15) is 11.3 Å². The van der Waals surface area contributed by atoms with Gasteiger partial charge in [-0.15, -0.1) is 0 Å². The number of carbonyl (C=O) groups excluding carboxylic acids is 1. The number of thioether (sulfide) groups is 1. The van der Waals surface area contributed by atoms with E-state index in [4.69, 9.17) is 16.6 Å². The third-order valence-electron chi connectivity index (χ3n) is 4.09. The highest BCUT2D eigenvalue weighted by atomic mass is 79.9. The molecule has 1 aliphatic rings. The highest BCUT2D eigenvalue weighted by Crippen LogP contribution is 2.37. The van der Waals surface area contributed by atoms with E-state index in [1.807, 2.05) is 36.4 Å². The molecular formula is C21H11BrN2O2S2. The average Bonchev–Trinajstić information content (AvgIpc) is 3.27. The van der Waals surface area contributed by atoms with Gasteiger partial charge in [0.15, 0.2) is 4.32 Å². The normalized spacial score (nSPS) is 15.3. The Hall–Kier alpha value is -2.66. The van der Waals surface area contributed by atoms with E-state index in [1.165, 1.54) is 16.7 Å². The van der Waals surface area contributed by atoms with Crippen LogP contribution in [0.15, 0.2) is 74.5 Å². The number of anilines is 1. The van der Waals surface area contributed by atoms with Gasteiger partial charge in [-0.3, -0.25) is 9.69 Å². The number of halogens is 1. The van der Waals surface area contributed by atoms with Gasteiger partial charge in [0.05, 0.1) is 22.2 Å². The summed E-state index contributed by atoms with van der Waals surface area (Å²) in [6, 6.07) is 20.3. The highest BCUT2D eigenvalue weighted by Gasteiger charge is 2.33. The molecule has 0 unspecified atom stereocenters. The zero-order chi connectivity index (χ0) is 19.7. The van der Waals surface area contributed by atoms with Crippen LogP contribution in [0, 0.1) is 11.3 Å². The third-order valence-corrected chi connectivity index (χ3v) is 5.92. The summed E-state index contributed by atoms with van der Waals surface area (Å²) in [7, 11) is 0. The molecule has 1 amide bonds. The molecule has 3 aromatic rings. The highest BCUT2D eigenvalue weighted by molar-refractivity contribution is 9.10. The Labute approximate surface area is 179 Å². The number of amides is 1. The molecule has 136 valence electrons. The van der Waals surface area contributed by atoms with Crippen molar-refractivity contribution in [1.82, 2.24) is 0 Å². The molecule has 28 heavy (non-hydrogen) atoms. The molecular weight excluding hydrogens is 456 g/mol. The number of hydrogen-bond acceptors (Lipinski definition) is 5. The summed E-state index contributed by atoms with van der Waals surface area (Å²) in [5.41, 5.74) is 1.97. The van der Waals surface area contributed by atoms with Crippen molar-refractivity contribution in [3.63, 3.8) is 0 Å². The number of hydrogen-bond donors (Lipinski definition) is 0. The Kier molecular flexibility index (Phi) is 5.18. The molecule has 0 radical (unpaired) electrons. The summed E-state index contributed by atoms with van der Waals surface area (Å²) in [5, 5.41) is 9.26. The Morgan fingerprint density at radius 2 is 1.86 bits per heavy atom. The number of rotatable bonds is 3. The number of nitriles is 1. The third kappa shape index (κ3) is 3.54. The van der Waals surface area contributed by atoms with Gasteiger partial charge in [-0.2, -0.15) is 5.26 Å². The first-order chi connectivity index (χ1) is 13.6. The van der Waals surface area contributed by atoms with E-state index in [0.29, 0.717) is 31.9 Å². The van der Waals surface area contributed by atoms with E-state index < -0.39 is 0 Å². The van der Waals surface area contributed by atoms with Crippen molar-refractivity contribution in [2.45, 2.75) is 0 Å². The van der Waals surface area contributed by atoms with E-state index in [1.54, 1.807) is 30.3 Å². The van der Waals surface area contributed by atoms with E-state index in [9.17, 15) is 10.1 Å². The molecule has 1 aliphatic heterocycles. The van der Waals surface area contributed by atoms with Gasteiger partial charge < -0.3 is 4.42 Å². The lowest BCUT2D eigenvalue weighted by Gasteiger charge is -2.14. The lowest BCUT2D eigenvalue weighted by molar-refractivity contribution is -0.113. The lowest BCUT2D eigenvalue weighted by atomic mass is 10.1. The Morgan fingerprint density at radius 1 is 1.11 bits per heavy atom. The minimum atomic E-state index is -0.187. The van der Waals surface area contributed by atoms with Crippen molar-refractivity contribution < 1.29 is 9.21 Å². The molecule has 0 aliphatic carbocycles. The Morgan fingerprint density at radius 3 is 2.61 bits per heavy atom. The quantitative estimate of drug-likeness (QED) is 0.350. The topological polar surface area (TPSA) is 57.2 Å². The SMILES string of the molecule is N#Cc1ccccc1-c1ccc(/C=C2/SC(=S)N(c3ccc(Br)cc3)C2=O)o1. The molecule has 1 saturated heterocycles. The van der Waals surface area contributed by atoms with Crippen molar-refractivity contribution in [3.05, 3.63) is 81.4 Å². The van der Waals surface area contributed by atoms with Crippen molar-refractivity contribution in [1.29, 1.82) is 5.26 Å². The zero-order valence-electron chi connectivity index (χ0n) is 14.3. The molecule has 7 heteroatoms. The van der Waals surface area contributed by atoms with Gasteiger partial charge >= 0.3 is 0 Å². The van der Waals surface area contributed by atoms with E-state index in [2.05, 4.69) is 22.0 Å². The van der Waals surface area contributed by atoms with Crippen molar-refractivity contribution in [3.8, 4) is 17.4 Å². The molecule has 4 rings (SSSR count). The molecule has 2 heterocycles. The second-order valence-corrected chi connectivity index (χ2v) is 8.44. The summed E-state index contributed by atoms with van der Waals surface area (Å²) in [6.07, 6.45) is 1.68. The van der Waals surface area contributed by atoms with Crippen LogP contribution in [0.25, 0.3) is 17.4 Å². The van der Waals surface area contributed by atoms with Crippen LogP contribution >= 0.6 is 39.9 Å². The number of carbonyl (C=O) groups is 1. The molecule has 0 spiro atoms. The first-order valence-corrected chi connectivity index (χ1v) is 10.2. The number of thiocarbonyl (C=S) groups is 1. The Bertz CT molecular complexity index is 1160. The summed E-state index contributed by atoms with van der Waals surface area (Å²) >= 11 is 10.0. The molecule has 0 bridgehead atoms. The van der Waals surface area contributed by atoms with Crippen molar-refractivity contribution in [2.75, 3.05) is 4.90 Å². The van der Waals surface area contributed by atoms with E-state index >= 15 is 0 Å². The fraction of sp³-hybridized carbons (Fsp3) is 0. The number of nitrogens with zero attached hydrogens (tertiary/aromatic N) is 2. The van der Waals surface area contributed by atoms with Crippen LogP contribution in [-0.2, 0) is 4.79 Å². The second-order valence-electron chi connectivity index (χ2n) is 5.85. The lowest BCUT2D eigenvalue weighted by Crippen LogP contribution is -2.27. The van der Waals surface area contributed by atoms with Gasteiger partial charge in [-0.1, -0.05) is 52.0 Å². The summed E-state index contributed by atoms with van der Waals surface area (Å²) in [5.74, 6) is 0.915. The van der Waals surface area contributed by atoms with Crippen molar-refractivity contribution >= 4 is 61.9 Å². The van der Waals surface area contributed by atoms with Gasteiger partial charge in [-0.25, -0.2) is 0 Å². The predicted octanol–water partition coefficient (Wildman–Crippen LogP) is 5.99. The fourth-order valence-electron chi connectivity index (χ4n) is 2.78. The molecule has 0 saturated carbocycles. The van der Waals surface area contributed by atoms with Gasteiger partial charge in [0.1, 0.15) is 11.5 Å². The zero-order valence-corrected chi connectivity index (χ0v) is 17.5. The molecule has 2 aromatic carbocycles. The van der Waals surface area contributed by atoms with E-state index in [0.717, 1.165) is 10.2 Å².